The van der Waals surface area contributed by atoms with Crippen LogP contribution in [0, 0.1) is 5.92 Å². The van der Waals surface area contributed by atoms with Gasteiger partial charge < -0.3 is 20.5 Å². The summed E-state index contributed by atoms with van der Waals surface area (Å²) in [6, 6.07) is 9.12. The molecule has 0 fully saturated rings. The van der Waals surface area contributed by atoms with Crippen molar-refractivity contribution in [3.8, 4) is 0 Å². The predicted molar refractivity (Wildman–Crippen MR) is 125 cm³/mol. The van der Waals surface area contributed by atoms with Crippen molar-refractivity contribution in [3.05, 3.63) is 61.2 Å². The third-order valence-electron chi connectivity index (χ3n) is 4.85. The van der Waals surface area contributed by atoms with E-state index in [1.54, 1.807) is 19.1 Å². The summed E-state index contributed by atoms with van der Waals surface area (Å²) in [5.41, 5.74) is 1.00. The van der Waals surface area contributed by atoms with Crippen LogP contribution in [0.25, 0.3) is 0 Å². The number of carbonyl (C=O) groups is 3. The Hall–Kier alpha value is -2.93. The second-order valence-electron chi connectivity index (χ2n) is 7.79. The third-order valence-corrected chi connectivity index (χ3v) is 4.85. The molecule has 3 unspecified atom stereocenters. The molecule has 1 aromatic carbocycles. The summed E-state index contributed by atoms with van der Waals surface area (Å²) in [6.07, 6.45) is 5.39. The molecule has 0 spiro atoms. The number of carbonyl (C=O) groups excluding carboxylic acids is 3. The largest absolute Gasteiger partial charge is 0.461 e. The molecule has 0 aromatic heterocycles. The fraction of sp³-hybridized carbons (Fsp3) is 0.480. The Balaban J connectivity index is 2.49. The van der Waals surface area contributed by atoms with Gasteiger partial charge in [-0.15, -0.1) is 13.2 Å². The highest BCUT2D eigenvalue weighted by Gasteiger charge is 2.23. The van der Waals surface area contributed by atoms with Crippen molar-refractivity contribution in [2.75, 3.05) is 13.2 Å². The van der Waals surface area contributed by atoms with Crippen LogP contribution in [-0.2, 0) is 25.5 Å². The van der Waals surface area contributed by atoms with Crippen LogP contribution in [0.4, 0.5) is 0 Å². The number of allylic oxidation sites excluding steroid dienone is 2. The van der Waals surface area contributed by atoms with Crippen LogP contribution in [0.15, 0.2) is 55.6 Å². The van der Waals surface area contributed by atoms with E-state index in [1.807, 2.05) is 30.3 Å². The molecule has 32 heavy (non-hydrogen) atoms. The lowest BCUT2D eigenvalue weighted by Gasteiger charge is -2.20. The average molecular weight is 445 g/mol. The molecule has 0 saturated carbocycles. The fourth-order valence-corrected chi connectivity index (χ4v) is 3.16. The minimum Gasteiger partial charge on any atom is -0.461 e. The number of hydrogen-bond donors (Lipinski definition) is 3. The standard InChI is InChI=1S/C25H36N2O5/c1-4-6-8-14-24(30)32-19(3)17-26-25(31)21(11-5-2)16-23(29)27-22(18-28)15-20-12-9-7-10-13-20/h4-5,7,9-10,12-13,19,21-22,28H,1-2,6,8,11,14-18H2,3H3,(H,26,31)(H,27,29). The highest BCUT2D eigenvalue weighted by molar-refractivity contribution is 5.86. The molecule has 0 aliphatic rings. The fourth-order valence-electron chi connectivity index (χ4n) is 3.16. The SMILES string of the molecule is C=CCCCC(=O)OC(C)CNC(=O)C(CC=C)CC(=O)NC(CO)Cc1ccccc1. The average Bonchev–Trinajstić information content (AvgIpc) is 2.77. The summed E-state index contributed by atoms with van der Waals surface area (Å²) in [5, 5.41) is 15.1. The number of rotatable bonds is 16. The Kier molecular flexibility index (Phi) is 13.4. The lowest BCUT2D eigenvalue weighted by molar-refractivity contribution is -0.148. The zero-order valence-electron chi connectivity index (χ0n) is 18.9. The normalized spacial score (nSPS) is 13.3. The monoisotopic (exact) mass is 444 g/mol. The van der Waals surface area contributed by atoms with Crippen LogP contribution < -0.4 is 10.6 Å². The van der Waals surface area contributed by atoms with Crippen LogP contribution in [0.1, 0.15) is 44.6 Å². The molecular formula is C25H36N2O5. The second kappa shape index (κ2) is 15.8. The molecular weight excluding hydrogens is 408 g/mol. The summed E-state index contributed by atoms with van der Waals surface area (Å²) >= 11 is 0. The van der Waals surface area contributed by atoms with Crippen LogP contribution >= 0.6 is 0 Å². The zero-order valence-corrected chi connectivity index (χ0v) is 18.9. The van der Waals surface area contributed by atoms with Crippen LogP contribution in [-0.4, -0.2) is 48.2 Å². The van der Waals surface area contributed by atoms with E-state index in [9.17, 15) is 19.5 Å². The van der Waals surface area contributed by atoms with Crippen molar-refractivity contribution in [2.45, 2.75) is 57.6 Å². The smallest absolute Gasteiger partial charge is 0.306 e. The van der Waals surface area contributed by atoms with E-state index in [0.29, 0.717) is 25.7 Å². The van der Waals surface area contributed by atoms with E-state index < -0.39 is 18.1 Å². The maximum Gasteiger partial charge on any atom is 0.306 e. The van der Waals surface area contributed by atoms with Crippen molar-refractivity contribution < 1.29 is 24.2 Å². The lowest BCUT2D eigenvalue weighted by Crippen LogP contribution is -2.42. The van der Waals surface area contributed by atoms with Gasteiger partial charge in [-0.2, -0.15) is 0 Å². The number of nitrogens with one attached hydrogen (secondary N) is 2. The van der Waals surface area contributed by atoms with E-state index in [-0.39, 0.29) is 37.4 Å². The van der Waals surface area contributed by atoms with Gasteiger partial charge in [0.15, 0.2) is 0 Å². The number of amides is 2. The highest BCUT2D eigenvalue weighted by Crippen LogP contribution is 2.11. The molecule has 0 heterocycles. The van der Waals surface area contributed by atoms with E-state index in [4.69, 9.17) is 4.74 Å². The van der Waals surface area contributed by atoms with Gasteiger partial charge in [-0.3, -0.25) is 14.4 Å². The Bertz CT molecular complexity index is 735. The van der Waals surface area contributed by atoms with Crippen molar-refractivity contribution >= 4 is 17.8 Å². The van der Waals surface area contributed by atoms with E-state index in [1.165, 1.54) is 0 Å². The number of unbranched alkanes of at least 4 members (excludes halogenated alkanes) is 1. The number of aliphatic hydroxyl groups excluding tert-OH is 1. The summed E-state index contributed by atoms with van der Waals surface area (Å²) in [7, 11) is 0. The first-order valence-corrected chi connectivity index (χ1v) is 11.0. The summed E-state index contributed by atoms with van der Waals surface area (Å²) < 4.78 is 5.28. The summed E-state index contributed by atoms with van der Waals surface area (Å²) in [6.45, 7) is 8.94. The van der Waals surface area contributed by atoms with E-state index >= 15 is 0 Å². The summed E-state index contributed by atoms with van der Waals surface area (Å²) in [5.74, 6) is -1.54. The van der Waals surface area contributed by atoms with E-state index in [0.717, 1.165) is 12.0 Å². The van der Waals surface area contributed by atoms with Gasteiger partial charge in [0.2, 0.25) is 11.8 Å². The second-order valence-corrected chi connectivity index (χ2v) is 7.79. The molecule has 3 N–H and O–H groups in total. The van der Waals surface area contributed by atoms with Gasteiger partial charge in [0.05, 0.1) is 25.1 Å². The number of benzene rings is 1. The minimum atomic E-state index is -0.598. The molecule has 1 aromatic rings. The van der Waals surface area contributed by atoms with Gasteiger partial charge in [0.25, 0.3) is 0 Å². The van der Waals surface area contributed by atoms with Gasteiger partial charge in [-0.25, -0.2) is 0 Å². The summed E-state index contributed by atoms with van der Waals surface area (Å²) in [4.78, 5) is 36.8. The van der Waals surface area contributed by atoms with Crippen molar-refractivity contribution in [1.29, 1.82) is 0 Å². The first-order valence-electron chi connectivity index (χ1n) is 11.0. The molecule has 0 radical (unpaired) electrons. The number of aliphatic hydroxyl groups is 1. The zero-order chi connectivity index (χ0) is 23.8. The number of esters is 1. The van der Waals surface area contributed by atoms with Gasteiger partial charge in [-0.05, 0) is 38.2 Å². The van der Waals surface area contributed by atoms with Crippen molar-refractivity contribution in [3.63, 3.8) is 0 Å². The molecule has 2 amide bonds. The Morgan fingerprint density at radius 2 is 1.88 bits per heavy atom. The Morgan fingerprint density at radius 3 is 2.50 bits per heavy atom. The molecule has 0 saturated heterocycles. The first kappa shape index (κ1) is 27.1. The van der Waals surface area contributed by atoms with Crippen molar-refractivity contribution in [2.24, 2.45) is 5.92 Å². The number of ether oxygens (including phenoxy) is 1. The Morgan fingerprint density at radius 1 is 1.16 bits per heavy atom. The van der Waals surface area contributed by atoms with Crippen LogP contribution in [0.3, 0.4) is 0 Å². The maximum absolute atomic E-state index is 12.6. The van der Waals surface area contributed by atoms with Gasteiger partial charge in [0.1, 0.15) is 6.10 Å². The topological polar surface area (TPSA) is 105 Å². The molecule has 176 valence electrons. The lowest BCUT2D eigenvalue weighted by atomic mass is 9.99. The third kappa shape index (κ3) is 11.5. The van der Waals surface area contributed by atoms with E-state index in [2.05, 4.69) is 23.8 Å². The quantitative estimate of drug-likeness (QED) is 0.207. The highest BCUT2D eigenvalue weighted by atomic mass is 16.5. The van der Waals surface area contributed by atoms with Crippen LogP contribution in [0.5, 0.6) is 0 Å². The molecule has 0 bridgehead atoms. The molecule has 7 heteroatoms. The maximum atomic E-state index is 12.6. The van der Waals surface area contributed by atoms with Gasteiger partial charge in [0, 0.05) is 12.8 Å². The Labute approximate surface area is 190 Å². The molecule has 1 rings (SSSR count). The predicted octanol–water partition coefficient (Wildman–Crippen LogP) is 2.69. The molecule has 0 aliphatic heterocycles. The van der Waals surface area contributed by atoms with Crippen LogP contribution in [0.2, 0.25) is 0 Å². The van der Waals surface area contributed by atoms with Gasteiger partial charge >= 0.3 is 5.97 Å². The molecule has 3 atom stereocenters. The molecule has 0 aliphatic carbocycles. The van der Waals surface area contributed by atoms with Gasteiger partial charge in [-0.1, -0.05) is 42.5 Å². The number of hydrogen-bond acceptors (Lipinski definition) is 5. The first-order chi connectivity index (χ1) is 15.4. The van der Waals surface area contributed by atoms with Crippen molar-refractivity contribution in [1.82, 2.24) is 10.6 Å². The minimum absolute atomic E-state index is 0.0289. The molecule has 7 nitrogen and oxygen atoms in total.